The number of likely N-dealkylation sites (tertiary alicyclic amines) is 1. The van der Waals surface area contributed by atoms with Crippen LogP contribution in [0.2, 0.25) is 0 Å². The van der Waals surface area contributed by atoms with Crippen molar-refractivity contribution in [2.75, 3.05) is 13.1 Å². The normalized spacial score (nSPS) is 22.8. The molecule has 0 aliphatic carbocycles. The van der Waals surface area contributed by atoms with Crippen molar-refractivity contribution in [2.24, 2.45) is 7.05 Å². The van der Waals surface area contributed by atoms with E-state index < -0.39 is 16.9 Å². The molecule has 2 heterocycles. The standard InChI is InChI=1S/C12H17N3O4/c1-12(19)4-6-15(8-12)10(17)7-14-5-3-9(16)13(2)11(14)18/h3,5,19H,4,6-8H2,1-2H3. The van der Waals surface area contributed by atoms with Gasteiger partial charge >= 0.3 is 5.69 Å². The van der Waals surface area contributed by atoms with Crippen LogP contribution < -0.4 is 11.2 Å². The van der Waals surface area contributed by atoms with Crippen molar-refractivity contribution < 1.29 is 9.90 Å². The third-order valence-corrected chi connectivity index (χ3v) is 3.37. The van der Waals surface area contributed by atoms with E-state index in [-0.39, 0.29) is 19.0 Å². The SMILES string of the molecule is Cn1c(=O)ccn(CC(=O)N2CCC(C)(O)C2)c1=O. The number of carbonyl (C=O) groups excluding carboxylic acids is 1. The Morgan fingerprint density at radius 3 is 2.74 bits per heavy atom. The van der Waals surface area contributed by atoms with Crippen LogP contribution in [0.3, 0.4) is 0 Å². The zero-order chi connectivity index (χ0) is 14.2. The van der Waals surface area contributed by atoms with Crippen LogP contribution in [-0.4, -0.2) is 43.7 Å². The topological polar surface area (TPSA) is 84.5 Å². The lowest BCUT2D eigenvalue weighted by Crippen LogP contribution is -2.41. The van der Waals surface area contributed by atoms with Gasteiger partial charge in [-0.2, -0.15) is 0 Å². The van der Waals surface area contributed by atoms with E-state index in [1.807, 2.05) is 0 Å². The molecule has 7 nitrogen and oxygen atoms in total. The molecule has 1 fully saturated rings. The maximum atomic E-state index is 12.0. The summed E-state index contributed by atoms with van der Waals surface area (Å²) in [6, 6.07) is 1.24. The summed E-state index contributed by atoms with van der Waals surface area (Å²) >= 11 is 0. The molecule has 0 saturated carbocycles. The molecule has 1 saturated heterocycles. The van der Waals surface area contributed by atoms with Crippen LogP contribution in [0.25, 0.3) is 0 Å². The molecular weight excluding hydrogens is 250 g/mol. The molecule has 1 amide bonds. The van der Waals surface area contributed by atoms with Crippen molar-refractivity contribution in [1.82, 2.24) is 14.0 Å². The smallest absolute Gasteiger partial charge is 0.331 e. The summed E-state index contributed by atoms with van der Waals surface area (Å²) in [5.74, 6) is -0.237. The summed E-state index contributed by atoms with van der Waals surface area (Å²) < 4.78 is 2.14. The Bertz CT molecular complexity index is 614. The molecule has 0 radical (unpaired) electrons. The van der Waals surface area contributed by atoms with E-state index in [9.17, 15) is 19.5 Å². The minimum atomic E-state index is -0.857. The summed E-state index contributed by atoms with van der Waals surface area (Å²) in [6.07, 6.45) is 1.84. The van der Waals surface area contributed by atoms with Crippen LogP contribution in [0.5, 0.6) is 0 Å². The highest BCUT2D eigenvalue weighted by Gasteiger charge is 2.33. The third-order valence-electron chi connectivity index (χ3n) is 3.37. The number of rotatable bonds is 2. The zero-order valence-electron chi connectivity index (χ0n) is 11.0. The molecule has 1 atom stereocenters. The van der Waals surface area contributed by atoms with Crippen molar-refractivity contribution in [3.05, 3.63) is 33.1 Å². The first kappa shape index (κ1) is 13.5. The van der Waals surface area contributed by atoms with Gasteiger partial charge in [0.1, 0.15) is 6.54 Å². The summed E-state index contributed by atoms with van der Waals surface area (Å²) in [5, 5.41) is 9.81. The van der Waals surface area contributed by atoms with Crippen LogP contribution in [0.1, 0.15) is 13.3 Å². The Morgan fingerprint density at radius 2 is 2.16 bits per heavy atom. The van der Waals surface area contributed by atoms with E-state index in [4.69, 9.17) is 0 Å². The van der Waals surface area contributed by atoms with Gasteiger partial charge in [-0.1, -0.05) is 0 Å². The van der Waals surface area contributed by atoms with Crippen LogP contribution in [-0.2, 0) is 18.4 Å². The predicted octanol–water partition coefficient (Wildman–Crippen LogP) is -1.47. The van der Waals surface area contributed by atoms with E-state index in [2.05, 4.69) is 0 Å². The Kier molecular flexibility index (Phi) is 3.32. The second-order valence-electron chi connectivity index (χ2n) is 5.19. The van der Waals surface area contributed by atoms with Crippen LogP contribution in [0.4, 0.5) is 0 Å². The predicted molar refractivity (Wildman–Crippen MR) is 67.8 cm³/mol. The lowest BCUT2D eigenvalue weighted by molar-refractivity contribution is -0.131. The molecule has 0 aromatic carbocycles. The quantitative estimate of drug-likeness (QED) is 0.709. The van der Waals surface area contributed by atoms with Gasteiger partial charge in [-0.15, -0.1) is 0 Å². The number of nitrogens with zero attached hydrogens (tertiary/aromatic N) is 3. The fraction of sp³-hybridized carbons (Fsp3) is 0.583. The van der Waals surface area contributed by atoms with Gasteiger partial charge in [0.25, 0.3) is 5.56 Å². The fourth-order valence-corrected chi connectivity index (χ4v) is 2.14. The summed E-state index contributed by atoms with van der Waals surface area (Å²) in [6.45, 7) is 2.31. The lowest BCUT2D eigenvalue weighted by atomic mass is 10.1. The Morgan fingerprint density at radius 1 is 1.47 bits per heavy atom. The van der Waals surface area contributed by atoms with Crippen LogP contribution >= 0.6 is 0 Å². The van der Waals surface area contributed by atoms with Crippen LogP contribution in [0.15, 0.2) is 21.9 Å². The monoisotopic (exact) mass is 267 g/mol. The maximum Gasteiger partial charge on any atom is 0.331 e. The van der Waals surface area contributed by atoms with Gasteiger partial charge in [0.2, 0.25) is 5.91 Å². The number of amides is 1. The highest BCUT2D eigenvalue weighted by molar-refractivity contribution is 5.76. The van der Waals surface area contributed by atoms with Crippen molar-refractivity contribution in [3.63, 3.8) is 0 Å². The second-order valence-corrected chi connectivity index (χ2v) is 5.19. The lowest BCUT2D eigenvalue weighted by Gasteiger charge is -2.19. The average molecular weight is 267 g/mol. The average Bonchev–Trinajstić information content (AvgIpc) is 2.70. The Hall–Kier alpha value is -1.89. The molecule has 1 unspecified atom stereocenters. The largest absolute Gasteiger partial charge is 0.388 e. The molecule has 104 valence electrons. The first-order valence-corrected chi connectivity index (χ1v) is 6.07. The summed E-state index contributed by atoms with van der Waals surface area (Å²) in [5.41, 5.74) is -1.78. The van der Waals surface area contributed by atoms with Crippen molar-refractivity contribution in [1.29, 1.82) is 0 Å². The molecular formula is C12H17N3O4. The van der Waals surface area contributed by atoms with Gasteiger partial charge < -0.3 is 10.0 Å². The van der Waals surface area contributed by atoms with Gasteiger partial charge in [-0.25, -0.2) is 4.79 Å². The molecule has 19 heavy (non-hydrogen) atoms. The number of hydrogen-bond donors (Lipinski definition) is 1. The van der Waals surface area contributed by atoms with E-state index in [0.717, 1.165) is 4.57 Å². The number of hydrogen-bond acceptors (Lipinski definition) is 4. The minimum absolute atomic E-state index is 0.122. The number of β-amino-alcohol motifs (C(OH)–C–C–N with tert-alkyl or cyclic N) is 1. The molecule has 0 bridgehead atoms. The van der Waals surface area contributed by atoms with Gasteiger partial charge in [0.05, 0.1) is 5.60 Å². The van der Waals surface area contributed by atoms with E-state index >= 15 is 0 Å². The molecule has 1 aliphatic rings. The molecule has 1 aliphatic heterocycles. The van der Waals surface area contributed by atoms with E-state index in [0.29, 0.717) is 13.0 Å². The van der Waals surface area contributed by atoms with E-state index in [1.165, 1.54) is 28.8 Å². The molecule has 1 aromatic heterocycles. The van der Waals surface area contributed by atoms with Crippen molar-refractivity contribution >= 4 is 5.91 Å². The van der Waals surface area contributed by atoms with Crippen LogP contribution in [0, 0.1) is 0 Å². The zero-order valence-corrected chi connectivity index (χ0v) is 11.0. The van der Waals surface area contributed by atoms with Gasteiger partial charge in [0.15, 0.2) is 0 Å². The van der Waals surface area contributed by atoms with E-state index in [1.54, 1.807) is 6.92 Å². The third kappa shape index (κ3) is 2.76. The number of aliphatic hydroxyl groups is 1. The molecule has 1 aromatic rings. The van der Waals surface area contributed by atoms with Gasteiger partial charge in [-0.05, 0) is 13.3 Å². The molecule has 2 rings (SSSR count). The Balaban J connectivity index is 2.15. The second kappa shape index (κ2) is 4.65. The minimum Gasteiger partial charge on any atom is -0.388 e. The molecule has 7 heteroatoms. The fourth-order valence-electron chi connectivity index (χ4n) is 2.14. The first-order valence-electron chi connectivity index (χ1n) is 6.07. The number of aromatic nitrogens is 2. The Labute approximate surface area is 109 Å². The summed E-state index contributed by atoms with van der Waals surface area (Å²) in [7, 11) is 1.37. The highest BCUT2D eigenvalue weighted by atomic mass is 16.3. The maximum absolute atomic E-state index is 12.0. The first-order chi connectivity index (χ1) is 8.80. The molecule has 1 N–H and O–H groups in total. The van der Waals surface area contributed by atoms with Gasteiger partial charge in [-0.3, -0.25) is 18.7 Å². The van der Waals surface area contributed by atoms with Crippen molar-refractivity contribution in [3.8, 4) is 0 Å². The molecule has 0 spiro atoms. The van der Waals surface area contributed by atoms with Gasteiger partial charge in [0, 0.05) is 32.4 Å². The van der Waals surface area contributed by atoms with Crippen molar-refractivity contribution in [2.45, 2.75) is 25.5 Å². The summed E-state index contributed by atoms with van der Waals surface area (Å²) in [4.78, 5) is 36.6. The number of carbonyl (C=O) groups is 1. The highest BCUT2D eigenvalue weighted by Crippen LogP contribution is 2.20.